The molecule has 5 nitrogen and oxygen atoms in total. The van der Waals surface area contributed by atoms with Crippen LogP contribution in [-0.4, -0.2) is 24.7 Å². The van der Waals surface area contributed by atoms with Crippen molar-refractivity contribution >= 4 is 17.6 Å². The Morgan fingerprint density at radius 2 is 1.60 bits per heavy atom. The quantitative estimate of drug-likeness (QED) is 0.256. The molecule has 0 spiro atoms. The van der Waals surface area contributed by atoms with E-state index in [4.69, 9.17) is 25.8 Å². The van der Waals surface area contributed by atoms with E-state index < -0.39 is 0 Å². The second-order valence-corrected chi connectivity index (χ2v) is 10.3. The molecule has 1 N–H and O–H groups in total. The summed E-state index contributed by atoms with van der Waals surface area (Å²) in [5.74, 6) is 2.33. The molecule has 0 aliphatic heterocycles. The highest BCUT2D eigenvalue weighted by Crippen LogP contribution is 2.38. The van der Waals surface area contributed by atoms with Gasteiger partial charge in [-0.2, -0.15) is 0 Å². The van der Waals surface area contributed by atoms with Gasteiger partial charge in [-0.3, -0.25) is 4.79 Å². The summed E-state index contributed by atoms with van der Waals surface area (Å²) in [7, 11) is 0. The van der Waals surface area contributed by atoms with Crippen LogP contribution in [0.15, 0.2) is 12.1 Å². The maximum absolute atomic E-state index is 11.7. The Morgan fingerprint density at radius 3 is 2.14 bits per heavy atom. The van der Waals surface area contributed by atoms with Gasteiger partial charge in [-0.05, 0) is 88.3 Å². The van der Waals surface area contributed by atoms with Gasteiger partial charge in [0.2, 0.25) is 0 Å². The normalized spacial score (nSPS) is 12.3. The summed E-state index contributed by atoms with van der Waals surface area (Å²) in [6.45, 7) is 21.1. The standard InChI is InChI=1S/C29H42ClNO4/c1-11-23(35-27-12-18(6)26(30)13-24(27)16(2)3)14-31-15-25-21(9)28(34-22(10)32)19(7)20(8)29(25)33-17(4)5/h12-13,16-17,23,31H,11,14-15H2,1-10H3. The van der Waals surface area contributed by atoms with Crippen molar-refractivity contribution in [3.05, 3.63) is 50.5 Å². The van der Waals surface area contributed by atoms with Gasteiger partial charge in [0.05, 0.1) is 6.10 Å². The first-order valence-electron chi connectivity index (χ1n) is 12.5. The molecule has 1 atom stereocenters. The van der Waals surface area contributed by atoms with E-state index in [1.807, 2.05) is 53.7 Å². The molecule has 0 aromatic heterocycles. The lowest BCUT2D eigenvalue weighted by molar-refractivity contribution is -0.132. The van der Waals surface area contributed by atoms with Crippen LogP contribution < -0.4 is 19.5 Å². The third-order valence-corrected chi connectivity index (χ3v) is 6.65. The lowest BCUT2D eigenvalue weighted by Gasteiger charge is -2.25. The highest BCUT2D eigenvalue weighted by atomic mass is 35.5. The van der Waals surface area contributed by atoms with E-state index in [-0.39, 0.29) is 18.2 Å². The maximum atomic E-state index is 11.7. The van der Waals surface area contributed by atoms with E-state index in [0.717, 1.165) is 56.3 Å². The largest absolute Gasteiger partial charge is 0.490 e. The Bertz CT molecular complexity index is 1050. The van der Waals surface area contributed by atoms with Gasteiger partial charge in [-0.1, -0.05) is 32.4 Å². The third kappa shape index (κ3) is 7.37. The molecule has 0 bridgehead atoms. The Labute approximate surface area is 216 Å². The number of benzene rings is 2. The molecule has 0 fully saturated rings. The molecular formula is C29H42ClNO4. The number of aryl methyl sites for hydroxylation is 1. The van der Waals surface area contributed by atoms with Gasteiger partial charge in [0.1, 0.15) is 23.4 Å². The number of rotatable bonds is 11. The second kappa shape index (κ2) is 12.6. The van der Waals surface area contributed by atoms with Crippen molar-refractivity contribution < 1.29 is 19.0 Å². The van der Waals surface area contributed by atoms with E-state index in [0.29, 0.717) is 24.8 Å². The molecule has 0 heterocycles. The lowest BCUT2D eigenvalue weighted by Crippen LogP contribution is -2.31. The Morgan fingerprint density at radius 1 is 0.971 bits per heavy atom. The molecule has 0 saturated heterocycles. The van der Waals surface area contributed by atoms with Crippen LogP contribution in [0.1, 0.15) is 87.3 Å². The maximum Gasteiger partial charge on any atom is 0.308 e. The average molecular weight is 504 g/mol. The van der Waals surface area contributed by atoms with Crippen molar-refractivity contribution in [1.29, 1.82) is 0 Å². The van der Waals surface area contributed by atoms with Crippen molar-refractivity contribution in [2.75, 3.05) is 6.54 Å². The fraction of sp³-hybridized carbons (Fsp3) is 0.552. The van der Waals surface area contributed by atoms with Gasteiger partial charge in [0.15, 0.2) is 0 Å². The summed E-state index contributed by atoms with van der Waals surface area (Å²) >= 11 is 6.37. The monoisotopic (exact) mass is 503 g/mol. The van der Waals surface area contributed by atoms with Crippen molar-refractivity contribution in [2.45, 2.75) is 100 Å². The summed E-state index contributed by atoms with van der Waals surface area (Å²) < 4.78 is 18.3. The Hall–Kier alpha value is -2.24. The van der Waals surface area contributed by atoms with Crippen LogP contribution in [-0.2, 0) is 11.3 Å². The number of hydrogen-bond donors (Lipinski definition) is 1. The van der Waals surface area contributed by atoms with Gasteiger partial charge in [0.25, 0.3) is 0 Å². The van der Waals surface area contributed by atoms with Gasteiger partial charge in [0, 0.05) is 36.2 Å². The topological polar surface area (TPSA) is 56.8 Å². The number of esters is 1. The molecule has 0 radical (unpaired) electrons. The van der Waals surface area contributed by atoms with Gasteiger partial charge in [-0.15, -0.1) is 0 Å². The molecule has 35 heavy (non-hydrogen) atoms. The number of hydrogen-bond acceptors (Lipinski definition) is 5. The van der Waals surface area contributed by atoms with Crippen LogP contribution in [0, 0.1) is 27.7 Å². The van der Waals surface area contributed by atoms with E-state index in [9.17, 15) is 4.79 Å². The van der Waals surface area contributed by atoms with Gasteiger partial charge >= 0.3 is 5.97 Å². The van der Waals surface area contributed by atoms with E-state index >= 15 is 0 Å². The highest BCUT2D eigenvalue weighted by Gasteiger charge is 2.22. The summed E-state index contributed by atoms with van der Waals surface area (Å²) in [6, 6.07) is 4.05. The zero-order valence-corrected chi connectivity index (χ0v) is 23.8. The molecule has 0 amide bonds. The van der Waals surface area contributed by atoms with E-state index in [2.05, 4.69) is 26.1 Å². The fourth-order valence-electron chi connectivity index (χ4n) is 4.09. The minimum Gasteiger partial charge on any atom is -0.490 e. The Kier molecular flexibility index (Phi) is 10.5. The van der Waals surface area contributed by atoms with Crippen molar-refractivity contribution in [1.82, 2.24) is 5.32 Å². The van der Waals surface area contributed by atoms with Crippen molar-refractivity contribution in [3.63, 3.8) is 0 Å². The zero-order valence-electron chi connectivity index (χ0n) is 23.0. The SMILES string of the molecule is CCC(CNCc1c(C)c(OC(C)=O)c(C)c(C)c1OC(C)C)Oc1cc(C)c(Cl)cc1C(C)C. The molecule has 6 heteroatoms. The minimum atomic E-state index is -0.328. The summed E-state index contributed by atoms with van der Waals surface area (Å²) in [5, 5.41) is 4.32. The molecular weight excluding hydrogens is 462 g/mol. The summed E-state index contributed by atoms with van der Waals surface area (Å²) in [4.78, 5) is 11.7. The van der Waals surface area contributed by atoms with E-state index in [1.54, 1.807) is 0 Å². The zero-order chi connectivity index (χ0) is 26.4. The highest BCUT2D eigenvalue weighted by molar-refractivity contribution is 6.31. The van der Waals surface area contributed by atoms with Crippen LogP contribution in [0.25, 0.3) is 0 Å². The average Bonchev–Trinajstić information content (AvgIpc) is 2.77. The molecule has 0 aliphatic carbocycles. The third-order valence-electron chi connectivity index (χ3n) is 6.25. The first-order valence-corrected chi connectivity index (χ1v) is 12.9. The molecule has 194 valence electrons. The van der Waals surface area contributed by atoms with Crippen LogP contribution in [0.3, 0.4) is 0 Å². The first-order chi connectivity index (χ1) is 16.4. The molecule has 1 unspecified atom stereocenters. The number of carbonyl (C=O) groups excluding carboxylic acids is 1. The van der Waals surface area contributed by atoms with Crippen LogP contribution in [0.5, 0.6) is 17.2 Å². The molecule has 2 aromatic rings. The van der Waals surface area contributed by atoms with Gasteiger partial charge in [-0.25, -0.2) is 0 Å². The number of carbonyl (C=O) groups is 1. The van der Waals surface area contributed by atoms with Crippen molar-refractivity contribution in [2.24, 2.45) is 0 Å². The minimum absolute atomic E-state index is 0.0117. The fourth-order valence-corrected chi connectivity index (χ4v) is 4.26. The summed E-state index contributed by atoms with van der Waals surface area (Å²) in [5.41, 5.74) is 5.94. The van der Waals surface area contributed by atoms with Crippen LogP contribution in [0.2, 0.25) is 5.02 Å². The summed E-state index contributed by atoms with van der Waals surface area (Å²) in [6.07, 6.45) is 0.870. The molecule has 2 rings (SSSR count). The predicted octanol–water partition coefficient (Wildman–Crippen LogP) is 7.36. The smallest absolute Gasteiger partial charge is 0.308 e. The molecule has 0 aliphatic rings. The number of halogens is 1. The number of nitrogens with one attached hydrogen (secondary N) is 1. The molecule has 2 aromatic carbocycles. The van der Waals surface area contributed by atoms with Crippen LogP contribution >= 0.6 is 11.6 Å². The van der Waals surface area contributed by atoms with Crippen molar-refractivity contribution in [3.8, 4) is 17.2 Å². The lowest BCUT2D eigenvalue weighted by atomic mass is 9.97. The second-order valence-electron chi connectivity index (χ2n) is 9.84. The Balaban J connectivity index is 2.29. The van der Waals surface area contributed by atoms with Crippen LogP contribution in [0.4, 0.5) is 0 Å². The first kappa shape index (κ1) is 29.0. The molecule has 0 saturated carbocycles. The van der Waals surface area contributed by atoms with E-state index in [1.165, 1.54) is 6.92 Å². The number of ether oxygens (including phenoxy) is 3. The predicted molar refractivity (Wildman–Crippen MR) is 144 cm³/mol. The van der Waals surface area contributed by atoms with Gasteiger partial charge < -0.3 is 19.5 Å².